The van der Waals surface area contributed by atoms with Crippen molar-refractivity contribution in [1.82, 2.24) is 14.9 Å². The first-order chi connectivity index (χ1) is 12.7. The molecular formula is C20H24ClN3O2. The van der Waals surface area contributed by atoms with Gasteiger partial charge in [0.15, 0.2) is 0 Å². The topological polar surface area (TPSA) is 47.5 Å². The molecule has 0 unspecified atom stereocenters. The molecule has 138 valence electrons. The van der Waals surface area contributed by atoms with Crippen LogP contribution in [0.25, 0.3) is 0 Å². The number of likely N-dealkylation sites (tertiary alicyclic amines) is 1. The molecule has 2 aromatic rings. The molecule has 5 nitrogen and oxygen atoms in total. The molecule has 1 aliphatic heterocycles. The summed E-state index contributed by atoms with van der Waals surface area (Å²) in [5.41, 5.74) is 1.03. The maximum absolute atomic E-state index is 6.33. The van der Waals surface area contributed by atoms with Crippen molar-refractivity contribution >= 4 is 11.6 Å². The molecule has 2 fully saturated rings. The highest BCUT2D eigenvalue weighted by Crippen LogP contribution is 2.44. The van der Waals surface area contributed by atoms with Gasteiger partial charge in [0.25, 0.3) is 0 Å². The standard InChI is InChI=1S/C20H24ClN3O2/c1-25-20-7-5-16(26-19-4-2-3-9-23-19)12-18(20)24(11-8-20)14-15-6-10-22-13-17(15)21/h2-4,6,9-10,13,16,18H,5,7-8,11-12,14H2,1H3/t16-,18-,20+/m0/s1. The summed E-state index contributed by atoms with van der Waals surface area (Å²) in [7, 11) is 1.84. The molecule has 0 N–H and O–H groups in total. The van der Waals surface area contributed by atoms with Gasteiger partial charge in [0.2, 0.25) is 5.88 Å². The van der Waals surface area contributed by atoms with E-state index in [1.165, 1.54) is 0 Å². The van der Waals surface area contributed by atoms with E-state index in [1.54, 1.807) is 18.6 Å². The Morgan fingerprint density at radius 3 is 2.96 bits per heavy atom. The van der Waals surface area contributed by atoms with Gasteiger partial charge >= 0.3 is 0 Å². The predicted molar refractivity (Wildman–Crippen MR) is 100 cm³/mol. The number of ether oxygens (including phenoxy) is 2. The molecule has 0 spiro atoms. The van der Waals surface area contributed by atoms with Crippen molar-refractivity contribution in [2.24, 2.45) is 0 Å². The van der Waals surface area contributed by atoms with E-state index in [-0.39, 0.29) is 11.7 Å². The van der Waals surface area contributed by atoms with Crippen LogP contribution in [0.5, 0.6) is 5.88 Å². The van der Waals surface area contributed by atoms with Crippen molar-refractivity contribution in [3.05, 3.63) is 53.4 Å². The number of pyridine rings is 2. The van der Waals surface area contributed by atoms with E-state index in [4.69, 9.17) is 21.1 Å². The quantitative estimate of drug-likeness (QED) is 0.799. The third-order valence-electron chi connectivity index (χ3n) is 5.81. The molecule has 3 atom stereocenters. The first-order valence-electron chi connectivity index (χ1n) is 9.15. The van der Waals surface area contributed by atoms with Crippen LogP contribution >= 0.6 is 11.6 Å². The molecule has 2 aliphatic rings. The Bertz CT molecular complexity index is 745. The lowest BCUT2D eigenvalue weighted by atomic mass is 9.79. The summed E-state index contributed by atoms with van der Waals surface area (Å²) in [6.45, 7) is 1.82. The first kappa shape index (κ1) is 17.7. The van der Waals surface area contributed by atoms with Gasteiger partial charge in [0, 0.05) is 57.3 Å². The maximum atomic E-state index is 6.33. The Balaban J connectivity index is 1.50. The summed E-state index contributed by atoms with van der Waals surface area (Å²) in [6, 6.07) is 8.10. The lowest BCUT2D eigenvalue weighted by molar-refractivity contribution is -0.0843. The zero-order valence-corrected chi connectivity index (χ0v) is 15.7. The normalized spacial score (nSPS) is 28.7. The van der Waals surface area contributed by atoms with Crippen LogP contribution in [0, 0.1) is 0 Å². The van der Waals surface area contributed by atoms with Crippen LogP contribution < -0.4 is 4.74 Å². The van der Waals surface area contributed by atoms with Gasteiger partial charge in [0.1, 0.15) is 6.10 Å². The Labute approximate surface area is 159 Å². The molecule has 26 heavy (non-hydrogen) atoms. The van der Waals surface area contributed by atoms with Crippen LogP contribution in [0.3, 0.4) is 0 Å². The monoisotopic (exact) mass is 373 g/mol. The van der Waals surface area contributed by atoms with Crippen LogP contribution in [0.15, 0.2) is 42.9 Å². The average Bonchev–Trinajstić information content (AvgIpc) is 3.03. The van der Waals surface area contributed by atoms with Crippen LogP contribution in [-0.4, -0.2) is 46.3 Å². The second kappa shape index (κ2) is 7.51. The largest absolute Gasteiger partial charge is 0.474 e. The van der Waals surface area contributed by atoms with Crippen LogP contribution in [0.4, 0.5) is 0 Å². The molecule has 0 bridgehead atoms. The molecule has 0 aromatic carbocycles. The van der Waals surface area contributed by atoms with Gasteiger partial charge in [-0.25, -0.2) is 4.98 Å². The van der Waals surface area contributed by atoms with E-state index in [9.17, 15) is 0 Å². The number of nitrogens with zero attached hydrogens (tertiary/aromatic N) is 3. The molecule has 1 aliphatic carbocycles. The SMILES string of the molecule is CO[C@@]12CC[C@H](Oc3ccccn3)C[C@@H]1N(Cc1ccncc1Cl)CC2. The van der Waals surface area contributed by atoms with Gasteiger partial charge in [-0.2, -0.15) is 0 Å². The van der Waals surface area contributed by atoms with E-state index < -0.39 is 0 Å². The minimum atomic E-state index is -0.0799. The minimum Gasteiger partial charge on any atom is -0.474 e. The number of aromatic nitrogens is 2. The van der Waals surface area contributed by atoms with E-state index in [0.29, 0.717) is 11.9 Å². The number of rotatable bonds is 5. The highest BCUT2D eigenvalue weighted by molar-refractivity contribution is 6.31. The second-order valence-corrected chi connectivity index (χ2v) is 7.56. The van der Waals surface area contributed by atoms with Crippen LogP contribution in [0.2, 0.25) is 5.02 Å². The molecule has 6 heteroatoms. The minimum absolute atomic E-state index is 0.0799. The summed E-state index contributed by atoms with van der Waals surface area (Å²) in [5, 5.41) is 0.722. The van der Waals surface area contributed by atoms with Crippen molar-refractivity contribution in [3.63, 3.8) is 0 Å². The van der Waals surface area contributed by atoms with E-state index in [2.05, 4.69) is 14.9 Å². The van der Waals surface area contributed by atoms with Crippen molar-refractivity contribution in [1.29, 1.82) is 0 Å². The molecule has 0 amide bonds. The van der Waals surface area contributed by atoms with E-state index in [1.807, 2.05) is 31.4 Å². The van der Waals surface area contributed by atoms with E-state index in [0.717, 1.165) is 49.4 Å². The highest BCUT2D eigenvalue weighted by Gasteiger charge is 2.51. The van der Waals surface area contributed by atoms with Crippen molar-refractivity contribution in [2.75, 3.05) is 13.7 Å². The molecular weight excluding hydrogens is 350 g/mol. The van der Waals surface area contributed by atoms with Gasteiger partial charge in [0.05, 0.1) is 10.6 Å². The van der Waals surface area contributed by atoms with Gasteiger partial charge in [-0.15, -0.1) is 0 Å². The molecule has 3 heterocycles. The summed E-state index contributed by atoms with van der Waals surface area (Å²) in [5.74, 6) is 0.698. The molecule has 0 radical (unpaired) electrons. The summed E-state index contributed by atoms with van der Waals surface area (Å²) in [4.78, 5) is 10.9. The Morgan fingerprint density at radius 1 is 1.27 bits per heavy atom. The van der Waals surface area contributed by atoms with Crippen molar-refractivity contribution in [3.8, 4) is 5.88 Å². The number of methoxy groups -OCH3 is 1. The van der Waals surface area contributed by atoms with E-state index >= 15 is 0 Å². The molecule has 2 aromatic heterocycles. The van der Waals surface area contributed by atoms with Gasteiger partial charge in [-0.05, 0) is 37.0 Å². The zero-order chi connectivity index (χ0) is 18.0. The maximum Gasteiger partial charge on any atom is 0.213 e. The van der Waals surface area contributed by atoms with Gasteiger partial charge in [-0.3, -0.25) is 9.88 Å². The Morgan fingerprint density at radius 2 is 2.19 bits per heavy atom. The lowest BCUT2D eigenvalue weighted by Crippen LogP contribution is -2.52. The average molecular weight is 374 g/mol. The fourth-order valence-electron chi connectivity index (χ4n) is 4.39. The number of halogens is 1. The fraction of sp³-hybridized carbons (Fsp3) is 0.500. The Kier molecular flexibility index (Phi) is 5.11. The fourth-order valence-corrected chi connectivity index (χ4v) is 4.57. The van der Waals surface area contributed by atoms with Crippen molar-refractivity contribution < 1.29 is 9.47 Å². The number of hydrogen-bond donors (Lipinski definition) is 0. The molecule has 1 saturated carbocycles. The van der Waals surface area contributed by atoms with Crippen molar-refractivity contribution in [2.45, 2.75) is 50.0 Å². The summed E-state index contributed by atoms with van der Waals surface area (Å²) < 4.78 is 12.2. The third kappa shape index (κ3) is 3.43. The van der Waals surface area contributed by atoms with Gasteiger partial charge in [-0.1, -0.05) is 17.7 Å². The van der Waals surface area contributed by atoms with Gasteiger partial charge < -0.3 is 9.47 Å². The number of fused-ring (bicyclic) bond motifs is 1. The Hall–Kier alpha value is -1.69. The van der Waals surface area contributed by atoms with Crippen LogP contribution in [-0.2, 0) is 11.3 Å². The first-order valence-corrected chi connectivity index (χ1v) is 9.53. The molecule has 4 rings (SSSR count). The summed E-state index contributed by atoms with van der Waals surface area (Å²) in [6.07, 6.45) is 9.42. The highest BCUT2D eigenvalue weighted by atomic mass is 35.5. The molecule has 1 saturated heterocycles. The smallest absolute Gasteiger partial charge is 0.213 e. The summed E-state index contributed by atoms with van der Waals surface area (Å²) >= 11 is 6.33. The zero-order valence-electron chi connectivity index (χ0n) is 15.0. The second-order valence-electron chi connectivity index (χ2n) is 7.15. The number of hydrogen-bond acceptors (Lipinski definition) is 5. The lowest BCUT2D eigenvalue weighted by Gasteiger charge is -2.43. The predicted octanol–water partition coefficient (Wildman–Crippen LogP) is 3.72. The third-order valence-corrected chi connectivity index (χ3v) is 6.15. The van der Waals surface area contributed by atoms with Crippen LogP contribution in [0.1, 0.15) is 31.2 Å².